The van der Waals surface area contributed by atoms with Crippen molar-refractivity contribution in [3.63, 3.8) is 0 Å². The molecule has 2 aromatic carbocycles. The zero-order chi connectivity index (χ0) is 15.4. The third kappa shape index (κ3) is 3.92. The van der Waals surface area contributed by atoms with Crippen LogP contribution in [0.1, 0.15) is 11.1 Å². The Balaban J connectivity index is 2.21. The molecule has 0 aliphatic rings. The number of nitro benzene ring substituents is 1. The molecule has 0 amide bonds. The van der Waals surface area contributed by atoms with Crippen LogP contribution < -0.4 is 4.90 Å². The molecule has 0 aromatic heterocycles. The van der Waals surface area contributed by atoms with E-state index in [1.807, 2.05) is 49.3 Å². The van der Waals surface area contributed by atoms with Crippen LogP contribution in [0.4, 0.5) is 11.4 Å². The van der Waals surface area contributed by atoms with Crippen molar-refractivity contribution in [3.8, 4) is 0 Å². The number of non-ortho nitro benzene ring substituents is 1. The van der Waals surface area contributed by atoms with Crippen LogP contribution in [0, 0.1) is 10.1 Å². The third-order valence-electron chi connectivity index (χ3n) is 3.06. The molecule has 21 heavy (non-hydrogen) atoms. The zero-order valence-electron chi connectivity index (χ0n) is 11.8. The van der Waals surface area contributed by atoms with E-state index in [0.29, 0.717) is 0 Å². The van der Waals surface area contributed by atoms with E-state index in [1.165, 1.54) is 12.1 Å². The van der Waals surface area contributed by atoms with E-state index >= 15 is 0 Å². The number of rotatable bonds is 4. The molecule has 4 nitrogen and oxygen atoms in total. The molecular weight excluding hydrogens is 332 g/mol. The highest BCUT2D eigenvalue weighted by atomic mass is 79.9. The molecule has 0 radical (unpaired) electrons. The van der Waals surface area contributed by atoms with Crippen LogP contribution in [0.25, 0.3) is 10.6 Å². The lowest BCUT2D eigenvalue weighted by Crippen LogP contribution is -2.07. The van der Waals surface area contributed by atoms with Crippen molar-refractivity contribution in [1.29, 1.82) is 0 Å². The second kappa shape index (κ2) is 6.54. The van der Waals surface area contributed by atoms with Gasteiger partial charge in [0.05, 0.1) is 4.92 Å². The molecule has 0 saturated heterocycles. The van der Waals surface area contributed by atoms with Crippen LogP contribution >= 0.6 is 15.9 Å². The first kappa shape index (κ1) is 15.3. The van der Waals surface area contributed by atoms with Crippen LogP contribution in [-0.4, -0.2) is 19.0 Å². The average Bonchev–Trinajstić information content (AvgIpc) is 2.47. The predicted molar refractivity (Wildman–Crippen MR) is 90.7 cm³/mol. The van der Waals surface area contributed by atoms with Crippen molar-refractivity contribution in [3.05, 3.63) is 69.8 Å². The van der Waals surface area contributed by atoms with E-state index in [-0.39, 0.29) is 5.69 Å². The maximum Gasteiger partial charge on any atom is 0.269 e. The highest BCUT2D eigenvalue weighted by Gasteiger charge is 2.05. The van der Waals surface area contributed by atoms with E-state index in [1.54, 1.807) is 12.1 Å². The van der Waals surface area contributed by atoms with E-state index in [0.717, 1.165) is 21.3 Å². The number of hydrogen-bond acceptors (Lipinski definition) is 3. The minimum Gasteiger partial charge on any atom is -0.378 e. The standard InChI is InChI=1S/C16H15BrN2O2/c1-18(2)14-7-3-12(4-8-14)11-16(17)13-5-9-15(10-6-13)19(20)21/h3-11H,1-2H3/b16-11+. The zero-order valence-corrected chi connectivity index (χ0v) is 13.4. The minimum absolute atomic E-state index is 0.0920. The summed E-state index contributed by atoms with van der Waals surface area (Å²) in [4.78, 5) is 12.3. The normalized spacial score (nSPS) is 11.3. The summed E-state index contributed by atoms with van der Waals surface area (Å²) < 4.78 is 0.884. The fourth-order valence-electron chi connectivity index (χ4n) is 1.84. The Kier molecular flexibility index (Phi) is 4.75. The van der Waals surface area contributed by atoms with E-state index in [4.69, 9.17) is 0 Å². The Morgan fingerprint density at radius 2 is 1.67 bits per heavy atom. The lowest BCUT2D eigenvalue weighted by atomic mass is 10.1. The Morgan fingerprint density at radius 1 is 1.10 bits per heavy atom. The van der Waals surface area contributed by atoms with Crippen LogP contribution in [0.3, 0.4) is 0 Å². The van der Waals surface area contributed by atoms with Gasteiger partial charge in [-0.3, -0.25) is 10.1 Å². The Labute approximate surface area is 132 Å². The summed E-state index contributed by atoms with van der Waals surface area (Å²) in [5.74, 6) is 0. The van der Waals surface area contributed by atoms with Gasteiger partial charge in [-0.15, -0.1) is 0 Å². The van der Waals surface area contributed by atoms with Crippen LogP contribution in [0.15, 0.2) is 48.5 Å². The fraction of sp³-hybridized carbons (Fsp3) is 0.125. The first-order valence-corrected chi connectivity index (χ1v) is 7.16. The number of benzene rings is 2. The van der Waals surface area contributed by atoms with Crippen LogP contribution in [0.2, 0.25) is 0 Å². The summed E-state index contributed by atoms with van der Waals surface area (Å²) in [6, 6.07) is 14.6. The van der Waals surface area contributed by atoms with Gasteiger partial charge in [0.25, 0.3) is 5.69 Å². The summed E-state index contributed by atoms with van der Waals surface area (Å²) in [5, 5.41) is 10.6. The van der Waals surface area contributed by atoms with E-state index in [9.17, 15) is 10.1 Å². The third-order valence-corrected chi connectivity index (χ3v) is 3.74. The summed E-state index contributed by atoms with van der Waals surface area (Å²) in [6.45, 7) is 0. The van der Waals surface area contributed by atoms with Crippen molar-refractivity contribution in [2.24, 2.45) is 0 Å². The lowest BCUT2D eigenvalue weighted by Gasteiger charge is -2.12. The summed E-state index contributed by atoms with van der Waals surface area (Å²) in [6.07, 6.45) is 1.99. The first-order valence-electron chi connectivity index (χ1n) is 6.37. The molecule has 108 valence electrons. The number of halogens is 1. The van der Waals surface area contributed by atoms with Gasteiger partial charge in [-0.05, 0) is 41.5 Å². The van der Waals surface area contributed by atoms with Crippen molar-refractivity contribution < 1.29 is 4.92 Å². The molecule has 2 aromatic rings. The second-order valence-corrected chi connectivity index (χ2v) is 5.64. The molecule has 0 heterocycles. The molecule has 0 aliphatic heterocycles. The maximum absolute atomic E-state index is 10.6. The van der Waals surface area contributed by atoms with E-state index in [2.05, 4.69) is 15.9 Å². The second-order valence-electron chi connectivity index (χ2n) is 4.78. The minimum atomic E-state index is -0.401. The average molecular weight is 347 g/mol. The molecule has 0 N–H and O–H groups in total. The summed E-state index contributed by atoms with van der Waals surface area (Å²) >= 11 is 3.51. The molecule has 0 unspecified atom stereocenters. The van der Waals surface area contributed by atoms with Crippen molar-refractivity contribution >= 4 is 37.9 Å². The Bertz CT molecular complexity index is 662. The quantitative estimate of drug-likeness (QED) is 0.463. The SMILES string of the molecule is CN(C)c1ccc(/C=C(/Br)c2ccc([N+](=O)[O-])cc2)cc1. The van der Waals surface area contributed by atoms with Gasteiger partial charge in [-0.2, -0.15) is 0 Å². The van der Waals surface area contributed by atoms with Gasteiger partial charge in [0.1, 0.15) is 0 Å². The van der Waals surface area contributed by atoms with Gasteiger partial charge in [0.15, 0.2) is 0 Å². The van der Waals surface area contributed by atoms with Gasteiger partial charge in [0.2, 0.25) is 0 Å². The molecule has 5 heteroatoms. The van der Waals surface area contributed by atoms with Crippen molar-refractivity contribution in [1.82, 2.24) is 0 Å². The largest absolute Gasteiger partial charge is 0.378 e. The Morgan fingerprint density at radius 3 is 2.14 bits per heavy atom. The molecular formula is C16H15BrN2O2. The molecule has 0 aliphatic carbocycles. The van der Waals surface area contributed by atoms with Crippen LogP contribution in [0.5, 0.6) is 0 Å². The number of nitro groups is 1. The summed E-state index contributed by atoms with van der Waals surface area (Å²) in [7, 11) is 4.00. The van der Waals surface area contributed by atoms with Gasteiger partial charge in [-0.25, -0.2) is 0 Å². The smallest absolute Gasteiger partial charge is 0.269 e. The maximum atomic E-state index is 10.6. The Hall–Kier alpha value is -2.14. The monoisotopic (exact) mass is 346 g/mol. The van der Waals surface area contributed by atoms with E-state index < -0.39 is 4.92 Å². The number of hydrogen-bond donors (Lipinski definition) is 0. The topological polar surface area (TPSA) is 46.4 Å². The number of nitrogens with zero attached hydrogens (tertiary/aromatic N) is 2. The molecule has 0 spiro atoms. The summed E-state index contributed by atoms with van der Waals surface area (Å²) in [5.41, 5.74) is 3.19. The molecule has 0 fully saturated rings. The van der Waals surface area contributed by atoms with Gasteiger partial charge < -0.3 is 4.90 Å². The molecule has 0 saturated carbocycles. The lowest BCUT2D eigenvalue weighted by molar-refractivity contribution is -0.384. The van der Waals surface area contributed by atoms with Crippen molar-refractivity contribution in [2.75, 3.05) is 19.0 Å². The highest BCUT2D eigenvalue weighted by Crippen LogP contribution is 2.26. The highest BCUT2D eigenvalue weighted by molar-refractivity contribution is 9.15. The van der Waals surface area contributed by atoms with Gasteiger partial charge in [-0.1, -0.05) is 28.1 Å². The van der Waals surface area contributed by atoms with Crippen LogP contribution in [-0.2, 0) is 0 Å². The first-order chi connectivity index (χ1) is 9.97. The fourth-order valence-corrected chi connectivity index (χ4v) is 2.37. The van der Waals surface area contributed by atoms with Gasteiger partial charge >= 0.3 is 0 Å². The molecule has 2 rings (SSSR count). The molecule has 0 atom stereocenters. The van der Waals surface area contributed by atoms with Crippen molar-refractivity contribution in [2.45, 2.75) is 0 Å². The number of anilines is 1. The molecule has 0 bridgehead atoms. The predicted octanol–water partition coefficient (Wildman–Crippen LogP) is 4.55. The van der Waals surface area contributed by atoms with Gasteiger partial charge in [0, 0.05) is 36.4 Å².